The van der Waals surface area contributed by atoms with Crippen LogP contribution in [0.2, 0.25) is 0 Å². The van der Waals surface area contributed by atoms with Crippen LogP contribution in [0.4, 0.5) is 23.2 Å². The third-order valence-corrected chi connectivity index (χ3v) is 6.83. The molecule has 0 radical (unpaired) electrons. The van der Waals surface area contributed by atoms with E-state index in [-0.39, 0.29) is 59.9 Å². The fraction of sp³-hybridized carbons (Fsp3) is 0.364. The Morgan fingerprint density at radius 1 is 1.12 bits per heavy atom. The molecule has 0 saturated heterocycles. The second-order valence-corrected chi connectivity index (χ2v) is 10.4. The van der Waals surface area contributed by atoms with Crippen LogP contribution < -0.4 is 5.32 Å². The van der Waals surface area contributed by atoms with E-state index >= 15 is 0 Å². The molecule has 4 rings (SSSR count). The standard InChI is InChI=1S/C22H21F4N3O3S/c1-33(31,32)17-9-15(24)8-16(11-17)27-21(30)20-18-3-2-14(23)10-19(18)28-29(20)12-13-4-6-22(25,26)7-5-13/h2-3,8-11,13H,4-7,12H2,1H3,(H,27,30). The number of alkyl halides is 2. The van der Waals surface area contributed by atoms with Crippen molar-refractivity contribution in [1.29, 1.82) is 0 Å². The molecule has 6 nitrogen and oxygen atoms in total. The molecular formula is C22H21F4N3O3S. The minimum atomic E-state index is -3.73. The first-order valence-corrected chi connectivity index (χ1v) is 12.2. The number of hydrogen-bond donors (Lipinski definition) is 1. The molecule has 1 N–H and O–H groups in total. The van der Waals surface area contributed by atoms with Crippen LogP contribution in [0.1, 0.15) is 36.2 Å². The Labute approximate surface area is 187 Å². The summed E-state index contributed by atoms with van der Waals surface area (Å²) in [5, 5.41) is 7.11. The van der Waals surface area contributed by atoms with Gasteiger partial charge >= 0.3 is 0 Å². The number of amides is 1. The zero-order chi connectivity index (χ0) is 24.0. The first-order valence-electron chi connectivity index (χ1n) is 10.3. The maximum atomic E-state index is 14.0. The zero-order valence-corrected chi connectivity index (χ0v) is 18.4. The summed E-state index contributed by atoms with van der Waals surface area (Å²) in [6, 6.07) is 6.64. The van der Waals surface area contributed by atoms with Crippen molar-refractivity contribution in [2.24, 2.45) is 5.92 Å². The van der Waals surface area contributed by atoms with E-state index in [4.69, 9.17) is 0 Å². The van der Waals surface area contributed by atoms with Gasteiger partial charge in [-0.15, -0.1) is 0 Å². The average Bonchev–Trinajstić information content (AvgIpc) is 3.05. The molecule has 1 aliphatic rings. The smallest absolute Gasteiger partial charge is 0.274 e. The Kier molecular flexibility index (Phi) is 5.94. The van der Waals surface area contributed by atoms with Gasteiger partial charge in [0, 0.05) is 42.8 Å². The van der Waals surface area contributed by atoms with Gasteiger partial charge < -0.3 is 5.32 Å². The lowest BCUT2D eigenvalue weighted by Gasteiger charge is -2.28. The molecule has 176 valence electrons. The van der Waals surface area contributed by atoms with Gasteiger partial charge in [0.1, 0.15) is 17.3 Å². The van der Waals surface area contributed by atoms with Crippen molar-refractivity contribution >= 4 is 32.3 Å². The quantitative estimate of drug-likeness (QED) is 0.529. The molecule has 1 fully saturated rings. The largest absolute Gasteiger partial charge is 0.321 e. The molecule has 2 aromatic carbocycles. The first-order chi connectivity index (χ1) is 15.4. The average molecular weight is 483 g/mol. The van der Waals surface area contributed by atoms with Gasteiger partial charge in [0.2, 0.25) is 5.92 Å². The SMILES string of the molecule is CS(=O)(=O)c1cc(F)cc(NC(=O)c2c3ccc(F)cc3nn2CC2CCC(F)(F)CC2)c1. The Morgan fingerprint density at radius 3 is 2.48 bits per heavy atom. The molecule has 0 aliphatic heterocycles. The van der Waals surface area contributed by atoms with Crippen LogP contribution in [0.25, 0.3) is 10.9 Å². The highest BCUT2D eigenvalue weighted by Crippen LogP contribution is 2.37. The summed E-state index contributed by atoms with van der Waals surface area (Å²) in [5.74, 6) is -4.98. The summed E-state index contributed by atoms with van der Waals surface area (Å²) in [6.07, 6.45) is 0.900. The van der Waals surface area contributed by atoms with Gasteiger partial charge in [0.25, 0.3) is 5.91 Å². The van der Waals surface area contributed by atoms with Gasteiger partial charge in [-0.2, -0.15) is 5.10 Å². The number of aromatic nitrogens is 2. The van der Waals surface area contributed by atoms with Gasteiger partial charge in [0.05, 0.1) is 10.4 Å². The lowest BCUT2D eigenvalue weighted by molar-refractivity contribution is -0.0476. The third-order valence-electron chi connectivity index (χ3n) is 5.74. The lowest BCUT2D eigenvalue weighted by atomic mass is 9.87. The number of hydrogen-bond acceptors (Lipinski definition) is 4. The number of halogens is 4. The van der Waals surface area contributed by atoms with Crippen LogP contribution in [0.3, 0.4) is 0 Å². The van der Waals surface area contributed by atoms with Crippen LogP contribution in [-0.4, -0.2) is 36.3 Å². The van der Waals surface area contributed by atoms with Gasteiger partial charge in [0.15, 0.2) is 9.84 Å². The molecule has 1 aliphatic carbocycles. The van der Waals surface area contributed by atoms with Crippen molar-refractivity contribution in [1.82, 2.24) is 9.78 Å². The predicted octanol–water partition coefficient (Wildman–Crippen LogP) is 4.80. The van der Waals surface area contributed by atoms with Gasteiger partial charge in [-0.1, -0.05) is 0 Å². The van der Waals surface area contributed by atoms with Crippen LogP contribution >= 0.6 is 0 Å². The summed E-state index contributed by atoms with van der Waals surface area (Å²) in [5.41, 5.74) is 0.172. The number of rotatable bonds is 5. The summed E-state index contributed by atoms with van der Waals surface area (Å²) in [6.45, 7) is 0.173. The third kappa shape index (κ3) is 5.18. The number of nitrogens with one attached hydrogen (secondary N) is 1. The fourth-order valence-electron chi connectivity index (χ4n) is 4.04. The minimum absolute atomic E-state index is 0.0486. The topological polar surface area (TPSA) is 81.1 Å². The number of sulfone groups is 1. The Morgan fingerprint density at radius 2 is 1.82 bits per heavy atom. The predicted molar refractivity (Wildman–Crippen MR) is 114 cm³/mol. The fourth-order valence-corrected chi connectivity index (χ4v) is 4.71. The monoisotopic (exact) mass is 483 g/mol. The van der Waals surface area contributed by atoms with Gasteiger partial charge in [-0.3, -0.25) is 9.48 Å². The number of anilines is 1. The zero-order valence-electron chi connectivity index (χ0n) is 17.6. The Bertz CT molecular complexity index is 1330. The number of benzene rings is 2. The van der Waals surface area contributed by atoms with Crippen molar-refractivity contribution in [3.8, 4) is 0 Å². The molecule has 3 aromatic rings. The van der Waals surface area contributed by atoms with E-state index in [2.05, 4.69) is 10.4 Å². The summed E-state index contributed by atoms with van der Waals surface area (Å²) < 4.78 is 79.7. The first kappa shape index (κ1) is 23.2. The van der Waals surface area contributed by atoms with E-state index in [9.17, 15) is 30.8 Å². The van der Waals surface area contributed by atoms with E-state index in [1.54, 1.807) is 0 Å². The molecule has 0 spiro atoms. The van der Waals surface area contributed by atoms with Crippen molar-refractivity contribution in [3.63, 3.8) is 0 Å². The van der Waals surface area contributed by atoms with E-state index in [1.165, 1.54) is 10.7 Å². The van der Waals surface area contributed by atoms with E-state index in [0.29, 0.717) is 5.39 Å². The lowest BCUT2D eigenvalue weighted by Crippen LogP contribution is -2.28. The molecule has 1 aromatic heterocycles. The van der Waals surface area contributed by atoms with Gasteiger partial charge in [-0.25, -0.2) is 26.0 Å². The highest BCUT2D eigenvalue weighted by Gasteiger charge is 2.35. The highest BCUT2D eigenvalue weighted by atomic mass is 32.2. The van der Waals surface area contributed by atoms with Crippen LogP contribution in [0.5, 0.6) is 0 Å². The van der Waals surface area contributed by atoms with E-state index < -0.39 is 33.3 Å². The molecule has 0 unspecified atom stereocenters. The Balaban J connectivity index is 1.68. The van der Waals surface area contributed by atoms with Gasteiger partial charge in [-0.05, 0) is 49.1 Å². The molecule has 0 bridgehead atoms. The molecule has 1 heterocycles. The van der Waals surface area contributed by atoms with E-state index in [1.807, 2.05) is 0 Å². The Hall–Kier alpha value is -2.95. The normalized spacial score (nSPS) is 16.8. The van der Waals surface area contributed by atoms with Crippen LogP contribution in [0, 0.1) is 17.6 Å². The maximum absolute atomic E-state index is 14.0. The molecule has 11 heteroatoms. The molecular weight excluding hydrogens is 462 g/mol. The molecule has 1 amide bonds. The van der Waals surface area contributed by atoms with Crippen molar-refractivity contribution in [3.05, 3.63) is 53.7 Å². The molecule has 1 saturated carbocycles. The van der Waals surface area contributed by atoms with E-state index in [0.717, 1.165) is 36.6 Å². The molecule has 33 heavy (non-hydrogen) atoms. The van der Waals surface area contributed by atoms with Crippen molar-refractivity contribution < 1.29 is 30.8 Å². The summed E-state index contributed by atoms with van der Waals surface area (Å²) >= 11 is 0. The second-order valence-electron chi connectivity index (χ2n) is 8.39. The van der Waals surface area contributed by atoms with Crippen LogP contribution in [-0.2, 0) is 16.4 Å². The summed E-state index contributed by atoms with van der Waals surface area (Å²) in [4.78, 5) is 12.9. The second kappa shape index (κ2) is 8.44. The van der Waals surface area contributed by atoms with Crippen molar-refractivity contribution in [2.75, 3.05) is 11.6 Å². The highest BCUT2D eigenvalue weighted by molar-refractivity contribution is 7.90. The molecule has 0 atom stereocenters. The number of nitrogens with zero attached hydrogens (tertiary/aromatic N) is 2. The summed E-state index contributed by atoms with van der Waals surface area (Å²) in [7, 11) is -3.73. The maximum Gasteiger partial charge on any atom is 0.274 e. The number of fused-ring (bicyclic) bond motifs is 1. The van der Waals surface area contributed by atoms with Crippen molar-refractivity contribution in [2.45, 2.75) is 43.0 Å². The minimum Gasteiger partial charge on any atom is -0.321 e. The number of carbonyl (C=O) groups is 1. The van der Waals surface area contributed by atoms with Crippen LogP contribution in [0.15, 0.2) is 41.3 Å². The number of carbonyl (C=O) groups excluding carboxylic acids is 1.